The van der Waals surface area contributed by atoms with Crippen LogP contribution >= 0.6 is 22.1 Å². The van der Waals surface area contributed by atoms with Crippen molar-refractivity contribution in [1.82, 2.24) is 14.7 Å². The standard InChI is InChI=1S/C19H40N3O11P3/c1-17(23)2-11-34(28,29)14-20-5-7-21(15-35(30,31)12-3-18(24)25)9-10-22(8-6-20)16-36(32,33)13-4-19(26)27/h18,24-25H,2-16H2,1H3,(H,26,27)(H,28,29)(H,30,31)(H,32,33). The summed E-state index contributed by atoms with van der Waals surface area (Å²) in [7, 11) is -11.3. The molecule has 1 saturated heterocycles. The van der Waals surface area contributed by atoms with Crippen LogP contribution in [0.25, 0.3) is 0 Å². The molecular weight excluding hydrogens is 539 g/mol. The summed E-state index contributed by atoms with van der Waals surface area (Å²) in [5, 5.41) is 26.9. The molecule has 0 bridgehead atoms. The fourth-order valence-electron chi connectivity index (χ4n) is 3.68. The number of ketones is 1. The van der Waals surface area contributed by atoms with Crippen molar-refractivity contribution in [2.45, 2.75) is 32.5 Å². The van der Waals surface area contributed by atoms with Crippen molar-refractivity contribution in [3.63, 3.8) is 0 Å². The zero-order valence-electron chi connectivity index (χ0n) is 20.6. The fourth-order valence-corrected chi connectivity index (χ4v) is 8.66. The van der Waals surface area contributed by atoms with E-state index in [1.54, 1.807) is 14.7 Å². The molecule has 6 N–H and O–H groups in total. The van der Waals surface area contributed by atoms with Crippen LogP contribution in [0.5, 0.6) is 0 Å². The summed E-state index contributed by atoms with van der Waals surface area (Å²) in [4.78, 5) is 57.9. The molecule has 0 aromatic heterocycles. The highest BCUT2D eigenvalue weighted by Gasteiger charge is 2.30. The van der Waals surface area contributed by atoms with Gasteiger partial charge in [-0.3, -0.25) is 33.2 Å². The van der Waals surface area contributed by atoms with Gasteiger partial charge in [0.1, 0.15) is 5.78 Å². The molecule has 0 radical (unpaired) electrons. The first-order valence-corrected chi connectivity index (χ1v) is 17.7. The number of aliphatic hydroxyl groups is 2. The van der Waals surface area contributed by atoms with E-state index in [0.717, 1.165) is 0 Å². The maximum Gasteiger partial charge on any atom is 0.303 e. The topological polar surface area (TPSA) is 216 Å². The molecule has 0 aromatic carbocycles. The van der Waals surface area contributed by atoms with Gasteiger partial charge in [-0.25, -0.2) is 0 Å². The lowest BCUT2D eigenvalue weighted by Gasteiger charge is -2.28. The van der Waals surface area contributed by atoms with Gasteiger partial charge in [-0.2, -0.15) is 0 Å². The second kappa shape index (κ2) is 15.2. The number of carboxylic acids is 1. The first kappa shape index (κ1) is 33.5. The summed E-state index contributed by atoms with van der Waals surface area (Å²) >= 11 is 0. The van der Waals surface area contributed by atoms with E-state index >= 15 is 0 Å². The summed E-state index contributed by atoms with van der Waals surface area (Å²) in [6, 6.07) is 0. The lowest BCUT2D eigenvalue weighted by atomic mass is 10.4. The Hall–Kier alpha value is -0.490. The summed E-state index contributed by atoms with van der Waals surface area (Å²) in [6.07, 6.45) is -4.17. The van der Waals surface area contributed by atoms with E-state index in [0.29, 0.717) is 0 Å². The largest absolute Gasteiger partial charge is 0.481 e. The SMILES string of the molecule is CC(=O)CCP(=O)(O)CN1CCN(CP(=O)(O)CCC(=O)O)CCN(CP(=O)(O)CCC(O)O)CC1. The van der Waals surface area contributed by atoms with Crippen molar-refractivity contribution in [3.05, 3.63) is 0 Å². The quantitative estimate of drug-likeness (QED) is 0.109. The minimum Gasteiger partial charge on any atom is -0.481 e. The molecule has 0 aromatic rings. The van der Waals surface area contributed by atoms with Gasteiger partial charge in [0.05, 0.1) is 25.3 Å². The third-order valence-corrected chi connectivity index (χ3v) is 11.0. The molecule has 0 aliphatic carbocycles. The molecule has 1 fully saturated rings. The molecule has 3 atom stereocenters. The van der Waals surface area contributed by atoms with Crippen molar-refractivity contribution in [1.29, 1.82) is 0 Å². The van der Waals surface area contributed by atoms with Gasteiger partial charge in [-0.15, -0.1) is 0 Å². The van der Waals surface area contributed by atoms with Crippen LogP contribution < -0.4 is 0 Å². The highest BCUT2D eigenvalue weighted by atomic mass is 31.2. The number of carbonyl (C=O) groups excluding carboxylic acids is 1. The predicted octanol–water partition coefficient (Wildman–Crippen LogP) is -0.256. The Morgan fingerprint density at radius 3 is 1.33 bits per heavy atom. The maximum atomic E-state index is 12.7. The summed E-state index contributed by atoms with van der Waals surface area (Å²) in [6.45, 7) is 2.81. The van der Waals surface area contributed by atoms with Crippen molar-refractivity contribution < 1.29 is 53.3 Å². The van der Waals surface area contributed by atoms with E-state index in [9.17, 15) is 38.0 Å². The van der Waals surface area contributed by atoms with Gasteiger partial charge in [0.2, 0.25) is 22.1 Å². The molecule has 0 amide bonds. The number of rotatable bonds is 15. The lowest BCUT2D eigenvalue weighted by molar-refractivity contribution is -0.136. The minimum absolute atomic E-state index is 0.0401. The lowest BCUT2D eigenvalue weighted by Crippen LogP contribution is -2.37. The highest BCUT2D eigenvalue weighted by Crippen LogP contribution is 2.44. The average Bonchev–Trinajstić information content (AvgIpc) is 2.81. The Morgan fingerprint density at radius 2 is 1.03 bits per heavy atom. The first-order valence-electron chi connectivity index (χ1n) is 11.7. The van der Waals surface area contributed by atoms with Gasteiger partial charge < -0.3 is 34.8 Å². The van der Waals surface area contributed by atoms with Crippen molar-refractivity contribution in [3.8, 4) is 0 Å². The smallest absolute Gasteiger partial charge is 0.303 e. The molecule has 14 nitrogen and oxygen atoms in total. The van der Waals surface area contributed by atoms with Gasteiger partial charge in [0, 0.05) is 70.6 Å². The van der Waals surface area contributed by atoms with Crippen LogP contribution in [0, 0.1) is 0 Å². The number of hydrogen-bond donors (Lipinski definition) is 6. The Kier molecular flexibility index (Phi) is 14.2. The molecule has 0 spiro atoms. The van der Waals surface area contributed by atoms with Gasteiger partial charge in [0.15, 0.2) is 6.29 Å². The second-order valence-electron chi connectivity index (χ2n) is 9.35. The zero-order chi connectivity index (χ0) is 27.6. The Labute approximate surface area is 211 Å². The molecule has 212 valence electrons. The van der Waals surface area contributed by atoms with E-state index in [-0.39, 0.29) is 89.1 Å². The summed E-state index contributed by atoms with van der Waals surface area (Å²) in [5.74, 6) is -1.40. The number of Topliss-reactive ketones (excluding diaryl/α,β-unsaturated/α-hetero) is 1. The van der Waals surface area contributed by atoms with Gasteiger partial charge in [-0.05, 0) is 6.92 Å². The molecular formula is C19H40N3O11P3. The predicted molar refractivity (Wildman–Crippen MR) is 134 cm³/mol. The fraction of sp³-hybridized carbons (Fsp3) is 0.895. The number of hydrogen-bond acceptors (Lipinski definition) is 10. The summed E-state index contributed by atoms with van der Waals surface area (Å²) < 4.78 is 37.8. The number of aliphatic hydroxyl groups excluding tert-OH is 1. The maximum absolute atomic E-state index is 12.7. The van der Waals surface area contributed by atoms with Crippen LogP contribution in [-0.4, -0.2) is 139 Å². The Morgan fingerprint density at radius 1 is 0.694 bits per heavy atom. The molecule has 3 unspecified atom stereocenters. The zero-order valence-corrected chi connectivity index (χ0v) is 23.3. The van der Waals surface area contributed by atoms with E-state index < -0.39 is 46.9 Å². The number of carbonyl (C=O) groups is 2. The third kappa shape index (κ3) is 15.7. The van der Waals surface area contributed by atoms with E-state index in [1.807, 2.05) is 0 Å². The Bertz CT molecular complexity index is 821. The second-order valence-corrected chi connectivity index (χ2v) is 16.6. The first-order chi connectivity index (χ1) is 16.5. The van der Waals surface area contributed by atoms with Gasteiger partial charge >= 0.3 is 5.97 Å². The van der Waals surface area contributed by atoms with Gasteiger partial charge in [0.25, 0.3) is 0 Å². The van der Waals surface area contributed by atoms with Crippen LogP contribution in [-0.2, 0) is 23.3 Å². The van der Waals surface area contributed by atoms with Crippen LogP contribution in [0.15, 0.2) is 0 Å². The van der Waals surface area contributed by atoms with Gasteiger partial charge in [-0.1, -0.05) is 0 Å². The van der Waals surface area contributed by atoms with Crippen LogP contribution in [0.3, 0.4) is 0 Å². The minimum atomic E-state index is -3.82. The number of aliphatic carboxylic acids is 1. The molecule has 36 heavy (non-hydrogen) atoms. The van der Waals surface area contributed by atoms with Crippen LogP contribution in [0.2, 0.25) is 0 Å². The van der Waals surface area contributed by atoms with Crippen molar-refractivity contribution in [2.75, 3.05) is 76.6 Å². The highest BCUT2D eigenvalue weighted by molar-refractivity contribution is 7.58. The van der Waals surface area contributed by atoms with E-state index in [1.165, 1.54) is 6.92 Å². The molecule has 0 saturated carbocycles. The average molecular weight is 579 g/mol. The van der Waals surface area contributed by atoms with E-state index in [2.05, 4.69) is 0 Å². The molecule has 1 aliphatic rings. The number of carboxylic acid groups (broad SMARTS) is 1. The van der Waals surface area contributed by atoms with E-state index in [4.69, 9.17) is 15.3 Å². The van der Waals surface area contributed by atoms with Crippen LogP contribution in [0.4, 0.5) is 0 Å². The van der Waals surface area contributed by atoms with Crippen molar-refractivity contribution in [2.24, 2.45) is 0 Å². The molecule has 17 heteroatoms. The molecule has 1 rings (SSSR count). The molecule has 1 heterocycles. The number of nitrogens with zero attached hydrogens (tertiary/aromatic N) is 3. The third-order valence-electron chi connectivity index (χ3n) is 5.69. The van der Waals surface area contributed by atoms with Crippen molar-refractivity contribution >= 4 is 33.9 Å². The monoisotopic (exact) mass is 579 g/mol. The molecule has 1 aliphatic heterocycles. The van der Waals surface area contributed by atoms with Crippen LogP contribution in [0.1, 0.15) is 26.2 Å². The Balaban J connectivity index is 2.99. The summed E-state index contributed by atoms with van der Waals surface area (Å²) in [5.41, 5.74) is 0. The normalized spacial score (nSPS) is 22.1.